The summed E-state index contributed by atoms with van der Waals surface area (Å²) in [6.45, 7) is 5.67. The fourth-order valence-electron chi connectivity index (χ4n) is 2.11. The van der Waals surface area contributed by atoms with Crippen LogP contribution >= 0.6 is 11.8 Å². The highest BCUT2D eigenvalue weighted by Crippen LogP contribution is 2.24. The lowest BCUT2D eigenvalue weighted by Gasteiger charge is -2.18. The van der Waals surface area contributed by atoms with Crippen LogP contribution in [0.1, 0.15) is 31.0 Å². The first-order chi connectivity index (χ1) is 10.5. The molecule has 0 aliphatic carbocycles. The van der Waals surface area contributed by atoms with Gasteiger partial charge in [0.25, 0.3) is 0 Å². The molecule has 2 aromatic rings. The molecule has 0 fully saturated rings. The second-order valence-electron chi connectivity index (χ2n) is 5.32. The van der Waals surface area contributed by atoms with Crippen LogP contribution in [-0.4, -0.2) is 11.2 Å². The molecule has 1 amide bonds. The number of benzene rings is 2. The van der Waals surface area contributed by atoms with E-state index in [9.17, 15) is 9.18 Å². The van der Waals surface area contributed by atoms with Gasteiger partial charge in [-0.2, -0.15) is 0 Å². The highest BCUT2D eigenvalue weighted by atomic mass is 32.2. The molecule has 1 N–H and O–H groups in total. The Morgan fingerprint density at radius 3 is 2.36 bits per heavy atom. The Labute approximate surface area is 135 Å². The van der Waals surface area contributed by atoms with E-state index in [0.29, 0.717) is 5.56 Å². The molecule has 2 aromatic carbocycles. The summed E-state index contributed by atoms with van der Waals surface area (Å²) in [7, 11) is 0. The second kappa shape index (κ2) is 7.45. The van der Waals surface area contributed by atoms with Crippen LogP contribution in [0.5, 0.6) is 0 Å². The molecule has 2 atom stereocenters. The van der Waals surface area contributed by atoms with Crippen LogP contribution < -0.4 is 5.32 Å². The maximum atomic E-state index is 13.7. The largest absolute Gasteiger partial charge is 0.349 e. The summed E-state index contributed by atoms with van der Waals surface area (Å²) in [5.41, 5.74) is 1.69. The third-order valence-electron chi connectivity index (χ3n) is 3.43. The Morgan fingerprint density at radius 2 is 1.73 bits per heavy atom. The zero-order valence-electron chi connectivity index (χ0n) is 13.0. The van der Waals surface area contributed by atoms with Gasteiger partial charge in [0, 0.05) is 10.5 Å². The monoisotopic (exact) mass is 317 g/mol. The number of carbonyl (C=O) groups is 1. The lowest BCUT2D eigenvalue weighted by molar-refractivity contribution is -0.120. The van der Waals surface area contributed by atoms with Crippen LogP contribution in [0, 0.1) is 12.7 Å². The quantitative estimate of drug-likeness (QED) is 0.823. The van der Waals surface area contributed by atoms with Crippen LogP contribution in [0.4, 0.5) is 4.39 Å². The molecular formula is C18H20FNOS. The van der Waals surface area contributed by atoms with E-state index in [2.05, 4.69) is 5.32 Å². The van der Waals surface area contributed by atoms with E-state index in [4.69, 9.17) is 0 Å². The SMILES string of the molecule is Cc1ccc(SC(C)C(=O)NC(C)c2ccccc2F)cc1. The molecule has 2 unspecified atom stereocenters. The molecule has 22 heavy (non-hydrogen) atoms. The van der Waals surface area contributed by atoms with Gasteiger partial charge in [-0.3, -0.25) is 4.79 Å². The summed E-state index contributed by atoms with van der Waals surface area (Å²) in [6, 6.07) is 14.2. The minimum Gasteiger partial charge on any atom is -0.349 e. The molecule has 0 saturated heterocycles. The maximum Gasteiger partial charge on any atom is 0.233 e. The van der Waals surface area contributed by atoms with Gasteiger partial charge in [-0.05, 0) is 39.0 Å². The van der Waals surface area contributed by atoms with Crippen LogP contribution in [-0.2, 0) is 4.79 Å². The van der Waals surface area contributed by atoms with Gasteiger partial charge >= 0.3 is 0 Å². The molecule has 116 valence electrons. The highest BCUT2D eigenvalue weighted by molar-refractivity contribution is 8.00. The summed E-state index contributed by atoms with van der Waals surface area (Å²) in [5, 5.41) is 2.63. The first-order valence-corrected chi connectivity index (χ1v) is 8.13. The fourth-order valence-corrected chi connectivity index (χ4v) is 2.99. The van der Waals surface area contributed by atoms with Crippen LogP contribution in [0.3, 0.4) is 0 Å². The Hall–Kier alpha value is -1.81. The van der Waals surface area contributed by atoms with Gasteiger partial charge in [0.15, 0.2) is 0 Å². The third-order valence-corrected chi connectivity index (χ3v) is 4.55. The van der Waals surface area contributed by atoms with E-state index >= 15 is 0 Å². The molecule has 0 aliphatic heterocycles. The molecule has 4 heteroatoms. The fraction of sp³-hybridized carbons (Fsp3) is 0.278. The summed E-state index contributed by atoms with van der Waals surface area (Å²) in [5.74, 6) is -0.393. The van der Waals surface area contributed by atoms with E-state index in [1.807, 2.05) is 38.1 Å². The van der Waals surface area contributed by atoms with E-state index in [1.165, 1.54) is 23.4 Å². The van der Waals surface area contributed by atoms with E-state index in [1.54, 1.807) is 25.1 Å². The average molecular weight is 317 g/mol. The minimum atomic E-state index is -0.352. The Bertz CT molecular complexity index is 642. The number of nitrogens with one attached hydrogen (secondary N) is 1. The van der Waals surface area contributed by atoms with Crippen LogP contribution in [0.15, 0.2) is 53.4 Å². The number of carbonyl (C=O) groups excluding carboxylic acids is 1. The first kappa shape index (κ1) is 16.6. The number of hydrogen-bond donors (Lipinski definition) is 1. The number of thioether (sulfide) groups is 1. The van der Waals surface area contributed by atoms with Gasteiger partial charge < -0.3 is 5.32 Å². The molecule has 2 rings (SSSR count). The van der Waals surface area contributed by atoms with Crippen molar-refractivity contribution < 1.29 is 9.18 Å². The van der Waals surface area contributed by atoms with Crippen molar-refractivity contribution in [2.75, 3.05) is 0 Å². The lowest BCUT2D eigenvalue weighted by Crippen LogP contribution is -2.33. The van der Waals surface area contributed by atoms with Crippen molar-refractivity contribution in [3.05, 3.63) is 65.5 Å². The molecule has 0 saturated carbocycles. The Balaban J connectivity index is 1.96. The molecule has 0 heterocycles. The molecule has 0 aliphatic rings. The number of amides is 1. The Morgan fingerprint density at radius 1 is 1.09 bits per heavy atom. The highest BCUT2D eigenvalue weighted by Gasteiger charge is 2.18. The van der Waals surface area contributed by atoms with Crippen molar-refractivity contribution in [3.63, 3.8) is 0 Å². The lowest BCUT2D eigenvalue weighted by atomic mass is 10.1. The second-order valence-corrected chi connectivity index (χ2v) is 6.74. The van der Waals surface area contributed by atoms with Crippen LogP contribution in [0.25, 0.3) is 0 Å². The van der Waals surface area contributed by atoms with E-state index in [0.717, 1.165) is 4.90 Å². The molecule has 0 radical (unpaired) electrons. The van der Waals surface area contributed by atoms with E-state index in [-0.39, 0.29) is 23.0 Å². The molecule has 2 nitrogen and oxygen atoms in total. The van der Waals surface area contributed by atoms with Gasteiger partial charge in [0.2, 0.25) is 5.91 Å². The summed E-state index contributed by atoms with van der Waals surface area (Å²) in [6.07, 6.45) is 0. The number of rotatable bonds is 5. The average Bonchev–Trinajstić information content (AvgIpc) is 2.49. The number of aryl methyl sites for hydroxylation is 1. The number of hydrogen-bond acceptors (Lipinski definition) is 2. The van der Waals surface area contributed by atoms with Crippen molar-refractivity contribution in [2.24, 2.45) is 0 Å². The summed E-state index contributed by atoms with van der Waals surface area (Å²) >= 11 is 1.50. The molecule has 0 aromatic heterocycles. The zero-order valence-corrected chi connectivity index (χ0v) is 13.8. The smallest absolute Gasteiger partial charge is 0.233 e. The predicted molar refractivity (Wildman–Crippen MR) is 89.5 cm³/mol. The predicted octanol–water partition coefficient (Wildman–Crippen LogP) is 4.49. The Kier molecular flexibility index (Phi) is 5.61. The minimum absolute atomic E-state index is 0.0960. The first-order valence-electron chi connectivity index (χ1n) is 7.25. The molecule has 0 spiro atoms. The maximum absolute atomic E-state index is 13.7. The van der Waals surface area contributed by atoms with E-state index < -0.39 is 0 Å². The normalized spacial score (nSPS) is 13.5. The molecular weight excluding hydrogens is 297 g/mol. The van der Waals surface area contributed by atoms with Gasteiger partial charge in [-0.25, -0.2) is 4.39 Å². The van der Waals surface area contributed by atoms with Crippen molar-refractivity contribution >= 4 is 17.7 Å². The zero-order chi connectivity index (χ0) is 16.1. The van der Waals surface area contributed by atoms with Gasteiger partial charge in [-0.1, -0.05) is 35.9 Å². The summed E-state index contributed by atoms with van der Waals surface area (Å²) < 4.78 is 13.7. The van der Waals surface area contributed by atoms with Gasteiger partial charge in [-0.15, -0.1) is 11.8 Å². The third kappa shape index (κ3) is 4.34. The van der Waals surface area contributed by atoms with Crippen molar-refractivity contribution in [1.82, 2.24) is 5.32 Å². The number of halogens is 1. The standard InChI is InChI=1S/C18H20FNOS/c1-12-8-10-15(11-9-12)22-14(3)18(21)20-13(2)16-6-4-5-7-17(16)19/h4-11,13-14H,1-3H3,(H,20,21). The van der Waals surface area contributed by atoms with Gasteiger partial charge in [0.05, 0.1) is 11.3 Å². The van der Waals surface area contributed by atoms with Gasteiger partial charge in [0.1, 0.15) is 5.82 Å². The summed E-state index contributed by atoms with van der Waals surface area (Å²) in [4.78, 5) is 13.3. The van der Waals surface area contributed by atoms with Crippen LogP contribution in [0.2, 0.25) is 0 Å². The molecule has 0 bridgehead atoms. The topological polar surface area (TPSA) is 29.1 Å². The van der Waals surface area contributed by atoms with Crippen molar-refractivity contribution in [1.29, 1.82) is 0 Å². The van der Waals surface area contributed by atoms with Crippen molar-refractivity contribution in [3.8, 4) is 0 Å². The van der Waals surface area contributed by atoms with Crippen molar-refractivity contribution in [2.45, 2.75) is 37.0 Å².